The summed E-state index contributed by atoms with van der Waals surface area (Å²) in [4.78, 5) is 17.7. The van der Waals surface area contributed by atoms with Crippen LogP contribution >= 0.6 is 24.0 Å². The summed E-state index contributed by atoms with van der Waals surface area (Å²) >= 11 is 0. The molecule has 0 saturated heterocycles. The molecule has 2 N–H and O–H groups in total. The van der Waals surface area contributed by atoms with Gasteiger partial charge in [-0.2, -0.15) is 0 Å². The van der Waals surface area contributed by atoms with Crippen LogP contribution in [0.5, 0.6) is 0 Å². The van der Waals surface area contributed by atoms with E-state index in [9.17, 15) is 4.79 Å². The van der Waals surface area contributed by atoms with E-state index < -0.39 is 0 Å². The molecule has 1 aliphatic carbocycles. The summed E-state index contributed by atoms with van der Waals surface area (Å²) in [6, 6.07) is 0. The highest BCUT2D eigenvalue weighted by Crippen LogP contribution is 2.30. The largest absolute Gasteiger partial charge is 0.378 e. The standard InChI is InChI=1S/C19H38N4O2.HI/c1-5-7-13-20-19(22-15-18(24)23(3)4)21-14-12-17(25-6-2)16-10-8-9-11-16;/h16-17H,5-15H2,1-4H3,(H2,20,21,22);1H. The van der Waals surface area contributed by atoms with Crippen molar-refractivity contribution in [1.29, 1.82) is 0 Å². The van der Waals surface area contributed by atoms with Crippen LogP contribution in [0.2, 0.25) is 0 Å². The fraction of sp³-hybridized carbons (Fsp3) is 0.895. The normalized spacial score (nSPS) is 16.1. The third-order valence-corrected chi connectivity index (χ3v) is 4.72. The molecule has 1 amide bonds. The van der Waals surface area contributed by atoms with Crippen LogP contribution < -0.4 is 10.6 Å². The molecule has 26 heavy (non-hydrogen) atoms. The Morgan fingerprint density at radius 3 is 2.42 bits per heavy atom. The van der Waals surface area contributed by atoms with Crippen LogP contribution in [0.4, 0.5) is 0 Å². The number of nitrogens with one attached hydrogen (secondary N) is 2. The number of hydrogen-bond donors (Lipinski definition) is 2. The summed E-state index contributed by atoms with van der Waals surface area (Å²) in [5, 5.41) is 6.69. The van der Waals surface area contributed by atoms with E-state index in [1.165, 1.54) is 25.7 Å². The number of amides is 1. The minimum absolute atomic E-state index is 0. The predicted molar refractivity (Wildman–Crippen MR) is 119 cm³/mol. The summed E-state index contributed by atoms with van der Waals surface area (Å²) in [6.45, 7) is 6.86. The van der Waals surface area contributed by atoms with E-state index in [1.54, 1.807) is 19.0 Å². The Morgan fingerprint density at radius 2 is 1.85 bits per heavy atom. The Balaban J connectivity index is 0.00000625. The van der Waals surface area contributed by atoms with Crippen LogP contribution in [0, 0.1) is 5.92 Å². The molecule has 0 spiro atoms. The number of carbonyl (C=O) groups excluding carboxylic acids is 1. The van der Waals surface area contributed by atoms with E-state index in [4.69, 9.17) is 4.74 Å². The first-order chi connectivity index (χ1) is 12.1. The van der Waals surface area contributed by atoms with Crippen molar-refractivity contribution < 1.29 is 9.53 Å². The minimum Gasteiger partial charge on any atom is -0.378 e. The average molecular weight is 482 g/mol. The number of carbonyl (C=O) groups is 1. The Labute approximate surface area is 176 Å². The molecule has 0 bridgehead atoms. The van der Waals surface area contributed by atoms with Gasteiger partial charge in [0, 0.05) is 33.8 Å². The van der Waals surface area contributed by atoms with Crippen molar-refractivity contribution in [2.75, 3.05) is 40.3 Å². The molecule has 0 aliphatic heterocycles. The third kappa shape index (κ3) is 10.5. The van der Waals surface area contributed by atoms with Gasteiger partial charge in [0.05, 0.1) is 6.10 Å². The second-order valence-corrected chi connectivity index (χ2v) is 6.99. The number of ether oxygens (including phenoxy) is 1. The highest BCUT2D eigenvalue weighted by molar-refractivity contribution is 14.0. The number of nitrogens with zero attached hydrogens (tertiary/aromatic N) is 2. The molecular formula is C19H39IN4O2. The van der Waals surface area contributed by atoms with Gasteiger partial charge in [0.1, 0.15) is 6.54 Å². The van der Waals surface area contributed by atoms with Gasteiger partial charge in [-0.05, 0) is 38.5 Å². The number of guanidine groups is 1. The number of rotatable bonds is 11. The minimum atomic E-state index is 0. The summed E-state index contributed by atoms with van der Waals surface area (Å²) in [5.41, 5.74) is 0. The van der Waals surface area contributed by atoms with Crippen LogP contribution in [-0.4, -0.2) is 63.2 Å². The second-order valence-electron chi connectivity index (χ2n) is 6.99. The van der Waals surface area contributed by atoms with Crippen molar-refractivity contribution in [3.05, 3.63) is 0 Å². The highest BCUT2D eigenvalue weighted by Gasteiger charge is 2.25. The van der Waals surface area contributed by atoms with Crippen molar-refractivity contribution in [2.24, 2.45) is 10.9 Å². The Morgan fingerprint density at radius 1 is 1.19 bits per heavy atom. The molecule has 0 aromatic rings. The molecule has 0 heterocycles. The molecule has 0 radical (unpaired) electrons. The van der Waals surface area contributed by atoms with Gasteiger partial charge in [0.25, 0.3) is 0 Å². The zero-order chi connectivity index (χ0) is 18.5. The molecule has 154 valence electrons. The maximum Gasteiger partial charge on any atom is 0.243 e. The topological polar surface area (TPSA) is 66.0 Å². The lowest BCUT2D eigenvalue weighted by Crippen LogP contribution is -2.40. The van der Waals surface area contributed by atoms with E-state index in [2.05, 4.69) is 29.5 Å². The van der Waals surface area contributed by atoms with Crippen LogP contribution in [0.1, 0.15) is 58.8 Å². The summed E-state index contributed by atoms with van der Waals surface area (Å²) in [5.74, 6) is 1.44. The van der Waals surface area contributed by atoms with Crippen molar-refractivity contribution in [3.63, 3.8) is 0 Å². The Hall–Kier alpha value is -0.570. The lowest BCUT2D eigenvalue weighted by Gasteiger charge is -2.24. The van der Waals surface area contributed by atoms with E-state index in [-0.39, 0.29) is 36.4 Å². The fourth-order valence-electron chi connectivity index (χ4n) is 3.18. The van der Waals surface area contributed by atoms with E-state index in [1.807, 2.05) is 0 Å². The number of halogens is 1. The second kappa shape index (κ2) is 15.5. The summed E-state index contributed by atoms with van der Waals surface area (Å²) in [7, 11) is 3.51. The maximum absolute atomic E-state index is 11.8. The number of likely N-dealkylation sites (N-methyl/N-ethyl adjacent to an activating group) is 1. The fourth-order valence-corrected chi connectivity index (χ4v) is 3.18. The molecule has 1 unspecified atom stereocenters. The van der Waals surface area contributed by atoms with Crippen LogP contribution in [0.25, 0.3) is 0 Å². The molecule has 0 aromatic heterocycles. The Kier molecular flexibility index (Phi) is 15.1. The SMILES string of the molecule is CCCCNC(=NCC(=O)N(C)C)NCCC(OCC)C1CCCC1.I. The van der Waals surface area contributed by atoms with Crippen LogP contribution in [0.15, 0.2) is 4.99 Å². The molecule has 1 aliphatic rings. The van der Waals surface area contributed by atoms with Crippen molar-refractivity contribution >= 4 is 35.8 Å². The van der Waals surface area contributed by atoms with Gasteiger partial charge in [-0.15, -0.1) is 24.0 Å². The van der Waals surface area contributed by atoms with Crippen molar-refractivity contribution in [3.8, 4) is 0 Å². The van der Waals surface area contributed by atoms with E-state index in [0.29, 0.717) is 12.0 Å². The van der Waals surface area contributed by atoms with Crippen molar-refractivity contribution in [1.82, 2.24) is 15.5 Å². The third-order valence-electron chi connectivity index (χ3n) is 4.72. The number of hydrogen-bond acceptors (Lipinski definition) is 3. The average Bonchev–Trinajstić information content (AvgIpc) is 3.12. The first-order valence-corrected chi connectivity index (χ1v) is 9.92. The first-order valence-electron chi connectivity index (χ1n) is 9.92. The molecular weight excluding hydrogens is 443 g/mol. The zero-order valence-electron chi connectivity index (χ0n) is 17.1. The number of unbranched alkanes of at least 4 members (excludes halogenated alkanes) is 1. The van der Waals surface area contributed by atoms with Gasteiger partial charge in [0.2, 0.25) is 5.91 Å². The van der Waals surface area contributed by atoms with Gasteiger partial charge in [0.15, 0.2) is 5.96 Å². The molecule has 6 nitrogen and oxygen atoms in total. The van der Waals surface area contributed by atoms with Gasteiger partial charge >= 0.3 is 0 Å². The van der Waals surface area contributed by atoms with Crippen LogP contribution in [-0.2, 0) is 9.53 Å². The van der Waals surface area contributed by atoms with E-state index >= 15 is 0 Å². The molecule has 1 saturated carbocycles. The Bertz CT molecular complexity index is 399. The lowest BCUT2D eigenvalue weighted by molar-refractivity contribution is -0.127. The number of aliphatic imine (C=N–C) groups is 1. The monoisotopic (exact) mass is 482 g/mol. The van der Waals surface area contributed by atoms with Gasteiger partial charge < -0.3 is 20.3 Å². The van der Waals surface area contributed by atoms with E-state index in [0.717, 1.165) is 44.9 Å². The van der Waals surface area contributed by atoms with Crippen LogP contribution in [0.3, 0.4) is 0 Å². The predicted octanol–water partition coefficient (Wildman–Crippen LogP) is 3.01. The molecule has 1 rings (SSSR count). The maximum atomic E-state index is 11.8. The quantitative estimate of drug-likeness (QED) is 0.206. The van der Waals surface area contributed by atoms with Gasteiger partial charge in [-0.25, -0.2) is 4.99 Å². The highest BCUT2D eigenvalue weighted by atomic mass is 127. The molecule has 1 atom stereocenters. The molecule has 1 fully saturated rings. The lowest BCUT2D eigenvalue weighted by atomic mass is 9.98. The zero-order valence-corrected chi connectivity index (χ0v) is 19.4. The smallest absolute Gasteiger partial charge is 0.243 e. The first kappa shape index (κ1) is 25.4. The molecule has 0 aromatic carbocycles. The summed E-state index contributed by atoms with van der Waals surface area (Å²) < 4.78 is 5.97. The van der Waals surface area contributed by atoms with Gasteiger partial charge in [-0.3, -0.25) is 4.79 Å². The van der Waals surface area contributed by atoms with Crippen molar-refractivity contribution in [2.45, 2.75) is 64.9 Å². The van der Waals surface area contributed by atoms with Gasteiger partial charge in [-0.1, -0.05) is 26.2 Å². The molecule has 7 heteroatoms. The summed E-state index contributed by atoms with van der Waals surface area (Å²) in [6.07, 6.45) is 8.78.